The second kappa shape index (κ2) is 5.69. The van der Waals surface area contributed by atoms with Gasteiger partial charge in [-0.05, 0) is 0 Å². The smallest absolute Gasteiger partial charge is 0.307 e. The summed E-state index contributed by atoms with van der Waals surface area (Å²) in [6.45, 7) is 6.25. The summed E-state index contributed by atoms with van der Waals surface area (Å²) in [7, 11) is 0. The van der Waals surface area contributed by atoms with E-state index in [1.165, 1.54) is 0 Å². The van der Waals surface area contributed by atoms with Gasteiger partial charge in [-0.25, -0.2) is 0 Å². The number of carbonyl (C=O) groups is 1. The van der Waals surface area contributed by atoms with Gasteiger partial charge >= 0.3 is 5.97 Å². The van der Waals surface area contributed by atoms with Crippen LogP contribution in [0.2, 0.25) is 0 Å². The Balaban J connectivity index is 2.26. The maximum atomic E-state index is 10.7. The number of carboxylic acid groups (broad SMARTS) is 1. The molecule has 1 saturated heterocycles. The number of aliphatic carboxylic acids is 1. The molecule has 1 fully saturated rings. The fraction of sp³-hybridized carbons (Fsp3) is 0.800. The number of piperazine rings is 1. The van der Waals surface area contributed by atoms with Crippen LogP contribution in [0, 0.1) is 17.2 Å². The summed E-state index contributed by atoms with van der Waals surface area (Å²) in [5.74, 6) is -1.05. The second-order valence-corrected chi connectivity index (χ2v) is 3.97. The highest BCUT2D eigenvalue weighted by molar-refractivity contribution is 5.69. The number of hydrogen-bond acceptors (Lipinski definition) is 4. The first-order valence-corrected chi connectivity index (χ1v) is 5.18. The molecule has 1 heterocycles. The van der Waals surface area contributed by atoms with Gasteiger partial charge in [0.2, 0.25) is 0 Å². The zero-order valence-electron chi connectivity index (χ0n) is 9.02. The van der Waals surface area contributed by atoms with Crippen molar-refractivity contribution in [3.63, 3.8) is 0 Å². The van der Waals surface area contributed by atoms with E-state index in [-0.39, 0.29) is 5.92 Å². The van der Waals surface area contributed by atoms with Crippen molar-refractivity contribution >= 4 is 5.97 Å². The minimum atomic E-state index is -0.741. The summed E-state index contributed by atoms with van der Waals surface area (Å²) in [5.41, 5.74) is 0. The third-order valence-electron chi connectivity index (χ3n) is 2.71. The monoisotopic (exact) mass is 211 g/mol. The summed E-state index contributed by atoms with van der Waals surface area (Å²) >= 11 is 0. The maximum Gasteiger partial charge on any atom is 0.307 e. The van der Waals surface area contributed by atoms with Gasteiger partial charge in [-0.3, -0.25) is 14.6 Å². The van der Waals surface area contributed by atoms with Crippen molar-refractivity contribution < 1.29 is 9.90 Å². The highest BCUT2D eigenvalue weighted by atomic mass is 16.4. The number of nitriles is 1. The van der Waals surface area contributed by atoms with Crippen LogP contribution in [0.4, 0.5) is 0 Å². The van der Waals surface area contributed by atoms with Crippen molar-refractivity contribution in [2.45, 2.75) is 6.92 Å². The van der Waals surface area contributed by atoms with E-state index in [2.05, 4.69) is 15.9 Å². The lowest BCUT2D eigenvalue weighted by atomic mass is 10.1. The molecule has 5 heteroatoms. The first-order chi connectivity index (χ1) is 7.13. The van der Waals surface area contributed by atoms with E-state index < -0.39 is 5.97 Å². The molecule has 0 bridgehead atoms. The largest absolute Gasteiger partial charge is 0.481 e. The molecule has 0 aromatic rings. The lowest BCUT2D eigenvalue weighted by molar-refractivity contribution is -0.141. The van der Waals surface area contributed by atoms with Crippen LogP contribution in [0.5, 0.6) is 0 Å². The number of nitrogens with zero attached hydrogens (tertiary/aromatic N) is 3. The molecule has 0 saturated carbocycles. The van der Waals surface area contributed by atoms with E-state index in [0.29, 0.717) is 13.1 Å². The van der Waals surface area contributed by atoms with Crippen molar-refractivity contribution in [2.75, 3.05) is 39.3 Å². The molecule has 1 atom stereocenters. The van der Waals surface area contributed by atoms with E-state index in [0.717, 1.165) is 26.2 Å². The molecule has 1 unspecified atom stereocenters. The van der Waals surface area contributed by atoms with Crippen molar-refractivity contribution in [1.82, 2.24) is 9.80 Å². The Bertz CT molecular complexity index is 254. The van der Waals surface area contributed by atoms with Gasteiger partial charge in [0, 0.05) is 32.7 Å². The Morgan fingerprint density at radius 2 is 1.93 bits per heavy atom. The fourth-order valence-electron chi connectivity index (χ4n) is 1.70. The van der Waals surface area contributed by atoms with Crippen LogP contribution < -0.4 is 0 Å². The van der Waals surface area contributed by atoms with E-state index in [1.807, 2.05) is 0 Å². The van der Waals surface area contributed by atoms with E-state index in [9.17, 15) is 4.79 Å². The van der Waals surface area contributed by atoms with Crippen LogP contribution in [-0.2, 0) is 4.79 Å². The van der Waals surface area contributed by atoms with Crippen LogP contribution >= 0.6 is 0 Å². The molecular formula is C10H17N3O2. The Morgan fingerprint density at radius 3 is 2.40 bits per heavy atom. The molecule has 0 aromatic carbocycles. The van der Waals surface area contributed by atoms with Gasteiger partial charge < -0.3 is 5.11 Å². The van der Waals surface area contributed by atoms with Gasteiger partial charge in [-0.1, -0.05) is 6.92 Å². The molecule has 5 nitrogen and oxygen atoms in total. The quantitative estimate of drug-likeness (QED) is 0.655. The first-order valence-electron chi connectivity index (χ1n) is 5.18. The fourth-order valence-corrected chi connectivity index (χ4v) is 1.70. The third kappa shape index (κ3) is 3.86. The summed E-state index contributed by atoms with van der Waals surface area (Å²) in [5, 5.41) is 17.3. The average molecular weight is 211 g/mol. The molecule has 0 aliphatic carbocycles. The molecule has 1 rings (SSSR count). The summed E-state index contributed by atoms with van der Waals surface area (Å²) in [4.78, 5) is 14.9. The summed E-state index contributed by atoms with van der Waals surface area (Å²) in [6, 6.07) is 2.12. The van der Waals surface area contributed by atoms with Crippen LogP contribution in [0.3, 0.4) is 0 Å². The van der Waals surface area contributed by atoms with E-state index >= 15 is 0 Å². The minimum absolute atomic E-state index is 0.312. The number of carboxylic acids is 1. The highest BCUT2D eigenvalue weighted by Gasteiger charge is 2.20. The highest BCUT2D eigenvalue weighted by Crippen LogP contribution is 2.05. The normalized spacial score (nSPS) is 20.8. The Hall–Kier alpha value is -1.12. The zero-order valence-corrected chi connectivity index (χ0v) is 9.02. The van der Waals surface area contributed by atoms with Crippen molar-refractivity contribution in [1.29, 1.82) is 5.26 Å². The first kappa shape index (κ1) is 12.0. The SMILES string of the molecule is CC(CN1CCN(CC#N)CC1)C(=O)O. The van der Waals surface area contributed by atoms with Gasteiger partial charge in [0.05, 0.1) is 18.5 Å². The van der Waals surface area contributed by atoms with E-state index in [4.69, 9.17) is 10.4 Å². The van der Waals surface area contributed by atoms with E-state index in [1.54, 1.807) is 6.92 Å². The lowest BCUT2D eigenvalue weighted by Crippen LogP contribution is -2.48. The third-order valence-corrected chi connectivity index (χ3v) is 2.71. The van der Waals surface area contributed by atoms with Crippen molar-refractivity contribution in [3.05, 3.63) is 0 Å². The van der Waals surface area contributed by atoms with Gasteiger partial charge in [-0.2, -0.15) is 5.26 Å². The molecule has 0 aromatic heterocycles. The Morgan fingerprint density at radius 1 is 1.40 bits per heavy atom. The molecule has 84 valence electrons. The average Bonchev–Trinajstić information content (AvgIpc) is 2.21. The van der Waals surface area contributed by atoms with Gasteiger partial charge in [0.15, 0.2) is 0 Å². The topological polar surface area (TPSA) is 67.6 Å². The molecule has 1 aliphatic rings. The Kier molecular flexibility index (Phi) is 4.53. The van der Waals surface area contributed by atoms with Crippen molar-refractivity contribution in [2.24, 2.45) is 5.92 Å². The van der Waals surface area contributed by atoms with Crippen LogP contribution in [0.15, 0.2) is 0 Å². The summed E-state index contributed by atoms with van der Waals surface area (Å²) in [6.07, 6.45) is 0. The van der Waals surface area contributed by atoms with Crippen molar-refractivity contribution in [3.8, 4) is 6.07 Å². The Labute approximate surface area is 89.9 Å². The molecule has 1 N–H and O–H groups in total. The standard InChI is InChI=1S/C10H17N3O2/c1-9(10(14)15)8-13-6-4-12(3-2-11)5-7-13/h9H,3-8H2,1H3,(H,14,15). The van der Waals surface area contributed by atoms with Gasteiger partial charge in [-0.15, -0.1) is 0 Å². The molecule has 0 radical (unpaired) electrons. The predicted molar refractivity (Wildman–Crippen MR) is 55.3 cm³/mol. The molecule has 0 amide bonds. The maximum absolute atomic E-state index is 10.7. The van der Waals surface area contributed by atoms with Crippen LogP contribution in [0.25, 0.3) is 0 Å². The second-order valence-electron chi connectivity index (χ2n) is 3.97. The summed E-state index contributed by atoms with van der Waals surface area (Å²) < 4.78 is 0. The van der Waals surface area contributed by atoms with Crippen LogP contribution in [-0.4, -0.2) is 60.1 Å². The molecular weight excluding hydrogens is 194 g/mol. The van der Waals surface area contributed by atoms with Gasteiger partial charge in [0.25, 0.3) is 0 Å². The van der Waals surface area contributed by atoms with Gasteiger partial charge in [0.1, 0.15) is 0 Å². The number of rotatable bonds is 4. The van der Waals surface area contributed by atoms with Crippen LogP contribution in [0.1, 0.15) is 6.92 Å². The number of hydrogen-bond donors (Lipinski definition) is 1. The minimum Gasteiger partial charge on any atom is -0.481 e. The predicted octanol–water partition coefficient (Wildman–Crippen LogP) is -0.152. The lowest BCUT2D eigenvalue weighted by Gasteiger charge is -2.34. The molecule has 15 heavy (non-hydrogen) atoms. The molecule has 0 spiro atoms. The zero-order chi connectivity index (χ0) is 11.3. The molecule has 1 aliphatic heterocycles.